The molecule has 0 radical (unpaired) electrons. The fourth-order valence-corrected chi connectivity index (χ4v) is 0.586. The molecule has 0 aromatic carbocycles. The second-order valence-corrected chi connectivity index (χ2v) is 1.86. The van der Waals surface area contributed by atoms with E-state index in [1.165, 1.54) is 0 Å². The number of carbonyl (C=O) groups excluding carboxylic acids is 1. The van der Waals surface area contributed by atoms with Crippen LogP contribution in [0.2, 0.25) is 0 Å². The Kier molecular flexibility index (Phi) is 1.71. The number of carbonyl (C=O) groups is 1. The number of rotatable bonds is 0. The Morgan fingerprint density at radius 3 is 2.45 bits per heavy atom. The molecule has 62 valence electrons. The van der Waals surface area contributed by atoms with Crippen molar-refractivity contribution in [3.05, 3.63) is 0 Å². The van der Waals surface area contributed by atoms with Crippen LogP contribution in [0.1, 0.15) is 0 Å². The maximum atomic E-state index is 11.8. The van der Waals surface area contributed by atoms with Gasteiger partial charge in [-0.3, -0.25) is 10.3 Å². The van der Waals surface area contributed by atoms with Crippen LogP contribution >= 0.6 is 0 Å². The molecule has 0 fully saturated rings. The van der Waals surface area contributed by atoms with Gasteiger partial charge in [-0.05, 0) is 0 Å². The van der Waals surface area contributed by atoms with Crippen LogP contribution in [0.25, 0.3) is 0 Å². The third-order valence-electron chi connectivity index (χ3n) is 1.04. The quantitative estimate of drug-likeness (QED) is 0.396. The number of alkyl halides is 3. The maximum absolute atomic E-state index is 11.8. The highest BCUT2D eigenvalue weighted by Gasteiger charge is 2.44. The standard InChI is InChI=1S/C4H4F3N3O/c5-4(6,7)2-8-1-9-3(11)10-2/h1H2,(H2,8,9,10,11)/p+1. The maximum Gasteiger partial charge on any atom is 0.494 e. The van der Waals surface area contributed by atoms with Crippen molar-refractivity contribution in [2.24, 2.45) is 0 Å². The minimum absolute atomic E-state index is 0.208. The van der Waals surface area contributed by atoms with Crippen molar-refractivity contribution in [2.75, 3.05) is 6.67 Å². The first-order valence-electron chi connectivity index (χ1n) is 2.73. The van der Waals surface area contributed by atoms with Gasteiger partial charge in [-0.25, -0.2) is 4.79 Å². The lowest BCUT2D eigenvalue weighted by atomic mass is 10.5. The van der Waals surface area contributed by atoms with E-state index in [9.17, 15) is 18.0 Å². The van der Waals surface area contributed by atoms with Crippen molar-refractivity contribution in [2.45, 2.75) is 6.18 Å². The number of urea groups is 1. The molecule has 0 atom stereocenters. The molecule has 0 saturated carbocycles. The topological polar surface area (TPSA) is 55.1 Å². The Labute approximate surface area is 59.5 Å². The molecular formula is C4H5F3N3O+. The molecule has 1 heterocycles. The van der Waals surface area contributed by atoms with E-state index in [2.05, 4.69) is 5.32 Å². The normalized spacial score (nSPS) is 18.5. The van der Waals surface area contributed by atoms with Crippen molar-refractivity contribution in [3.8, 4) is 0 Å². The molecule has 0 bridgehead atoms. The van der Waals surface area contributed by atoms with E-state index < -0.39 is 18.0 Å². The van der Waals surface area contributed by atoms with Crippen LogP contribution in [-0.4, -0.2) is 24.7 Å². The Balaban J connectivity index is 2.73. The summed E-state index contributed by atoms with van der Waals surface area (Å²) < 4.78 is 35.3. The number of hydrogen-bond donors (Lipinski definition) is 3. The molecule has 0 unspecified atom stereocenters. The lowest BCUT2D eigenvalue weighted by molar-refractivity contribution is -0.475. The zero-order valence-electron chi connectivity index (χ0n) is 5.25. The van der Waals surface area contributed by atoms with E-state index in [4.69, 9.17) is 0 Å². The molecule has 7 heteroatoms. The third-order valence-corrected chi connectivity index (χ3v) is 1.04. The fourth-order valence-electron chi connectivity index (χ4n) is 0.586. The summed E-state index contributed by atoms with van der Waals surface area (Å²) in [6, 6.07) is -0.851. The van der Waals surface area contributed by atoms with Crippen LogP contribution in [0.3, 0.4) is 0 Å². The predicted octanol–water partition coefficient (Wildman–Crippen LogP) is -1.70. The summed E-state index contributed by atoms with van der Waals surface area (Å²) in [4.78, 5) is 12.3. The van der Waals surface area contributed by atoms with E-state index in [1.807, 2.05) is 4.99 Å². The van der Waals surface area contributed by atoms with Gasteiger partial charge in [0.05, 0.1) is 0 Å². The monoisotopic (exact) mass is 168 g/mol. The summed E-state index contributed by atoms with van der Waals surface area (Å²) in [5.41, 5.74) is 0. The van der Waals surface area contributed by atoms with Gasteiger partial charge in [0.25, 0.3) is 0 Å². The molecule has 3 N–H and O–H groups in total. The molecule has 0 aromatic heterocycles. The van der Waals surface area contributed by atoms with E-state index in [0.717, 1.165) is 0 Å². The average Bonchev–Trinajstić information content (AvgIpc) is 1.86. The molecule has 0 saturated heterocycles. The average molecular weight is 168 g/mol. The first-order valence-corrected chi connectivity index (χ1v) is 2.73. The highest BCUT2D eigenvalue weighted by atomic mass is 19.4. The third kappa shape index (κ3) is 1.82. The van der Waals surface area contributed by atoms with Crippen molar-refractivity contribution in [1.29, 1.82) is 0 Å². The van der Waals surface area contributed by atoms with E-state index in [1.54, 1.807) is 5.32 Å². The second-order valence-electron chi connectivity index (χ2n) is 1.86. The minimum atomic E-state index is -4.52. The second kappa shape index (κ2) is 2.40. The Hall–Kier alpha value is -1.27. The van der Waals surface area contributed by atoms with Crippen LogP contribution in [-0.2, 0) is 0 Å². The van der Waals surface area contributed by atoms with Crippen LogP contribution in [0.15, 0.2) is 0 Å². The summed E-state index contributed by atoms with van der Waals surface area (Å²) in [6.07, 6.45) is -4.52. The van der Waals surface area contributed by atoms with Crippen LogP contribution in [0, 0.1) is 0 Å². The Morgan fingerprint density at radius 2 is 2.09 bits per heavy atom. The molecule has 4 nitrogen and oxygen atoms in total. The molecule has 0 aliphatic carbocycles. The van der Waals surface area contributed by atoms with Gasteiger partial charge in [0.2, 0.25) is 0 Å². The molecule has 1 rings (SSSR count). The van der Waals surface area contributed by atoms with Crippen molar-refractivity contribution < 1.29 is 23.0 Å². The van der Waals surface area contributed by atoms with Crippen molar-refractivity contribution >= 4 is 11.9 Å². The lowest BCUT2D eigenvalue weighted by Crippen LogP contribution is -2.87. The molecule has 1 aliphatic rings. The number of hydrogen-bond acceptors (Lipinski definition) is 1. The molecule has 0 aromatic rings. The summed E-state index contributed by atoms with van der Waals surface area (Å²) in [7, 11) is 0. The fraction of sp³-hybridized carbons (Fsp3) is 0.500. The number of nitrogens with one attached hydrogen (secondary N) is 3. The van der Waals surface area contributed by atoms with Gasteiger partial charge in [-0.1, -0.05) is 0 Å². The summed E-state index contributed by atoms with van der Waals surface area (Å²) in [5, 5.41) is 3.69. The van der Waals surface area contributed by atoms with E-state index >= 15 is 0 Å². The molecule has 11 heavy (non-hydrogen) atoms. The first-order chi connectivity index (χ1) is 5.00. The smallest absolute Gasteiger partial charge is 0.282 e. The van der Waals surface area contributed by atoms with Gasteiger partial charge in [0, 0.05) is 0 Å². The summed E-state index contributed by atoms with van der Waals surface area (Å²) in [6.45, 7) is -0.208. The van der Waals surface area contributed by atoms with Gasteiger partial charge in [-0.2, -0.15) is 18.5 Å². The van der Waals surface area contributed by atoms with Crippen LogP contribution < -0.4 is 15.6 Å². The highest BCUT2D eigenvalue weighted by Crippen LogP contribution is 2.12. The van der Waals surface area contributed by atoms with E-state index in [-0.39, 0.29) is 6.67 Å². The Morgan fingerprint density at radius 1 is 1.45 bits per heavy atom. The number of halogens is 3. The van der Waals surface area contributed by atoms with Gasteiger partial charge in [-0.15, -0.1) is 0 Å². The summed E-state index contributed by atoms with van der Waals surface area (Å²) >= 11 is 0. The van der Waals surface area contributed by atoms with Gasteiger partial charge >= 0.3 is 18.0 Å². The van der Waals surface area contributed by atoms with Gasteiger partial charge < -0.3 is 0 Å². The van der Waals surface area contributed by atoms with E-state index in [0.29, 0.717) is 0 Å². The van der Waals surface area contributed by atoms with Crippen LogP contribution in [0.5, 0.6) is 0 Å². The number of amidine groups is 1. The van der Waals surface area contributed by atoms with Crippen molar-refractivity contribution in [1.82, 2.24) is 10.6 Å². The minimum Gasteiger partial charge on any atom is -0.282 e. The Bertz CT molecular complexity index is 209. The number of amides is 2. The lowest BCUT2D eigenvalue weighted by Gasteiger charge is -2.09. The van der Waals surface area contributed by atoms with Crippen molar-refractivity contribution in [3.63, 3.8) is 0 Å². The van der Waals surface area contributed by atoms with Crippen LogP contribution in [0.4, 0.5) is 18.0 Å². The SMILES string of the molecule is O=C1NC[NH+]=C(C(F)(F)F)N1. The van der Waals surface area contributed by atoms with Gasteiger partial charge in [0.15, 0.2) is 6.67 Å². The first kappa shape index (κ1) is 7.83. The molecule has 0 spiro atoms. The molecule has 2 amide bonds. The highest BCUT2D eigenvalue weighted by molar-refractivity contribution is 5.98. The zero-order chi connectivity index (χ0) is 8.48. The molecular weight excluding hydrogens is 163 g/mol. The van der Waals surface area contributed by atoms with Gasteiger partial charge in [0.1, 0.15) is 0 Å². The zero-order valence-corrected chi connectivity index (χ0v) is 5.25. The predicted molar refractivity (Wildman–Crippen MR) is 28.6 cm³/mol. The summed E-state index contributed by atoms with van der Waals surface area (Å²) in [5.74, 6) is -1.12. The molecule has 1 aliphatic heterocycles. The largest absolute Gasteiger partial charge is 0.494 e.